The molecule has 0 saturated heterocycles. The van der Waals surface area contributed by atoms with E-state index in [2.05, 4.69) is 0 Å². The molecule has 10 heteroatoms. The van der Waals surface area contributed by atoms with Crippen LogP contribution in [0.1, 0.15) is 12.0 Å². The maximum atomic E-state index is 12.0. The number of aliphatic carboxylic acids is 2. The summed E-state index contributed by atoms with van der Waals surface area (Å²) in [6.07, 6.45) is -0.711. The first-order valence-corrected chi connectivity index (χ1v) is 8.74. The van der Waals surface area contributed by atoms with E-state index < -0.39 is 33.4 Å². The van der Waals surface area contributed by atoms with Gasteiger partial charge in [0.15, 0.2) is 9.84 Å². The molecular weight excluding hydrogens is 362 g/mol. The summed E-state index contributed by atoms with van der Waals surface area (Å²) in [4.78, 5) is 21.3. The first-order chi connectivity index (χ1) is 9.72. The number of benzene rings is 1. The van der Waals surface area contributed by atoms with E-state index in [0.717, 1.165) is 17.3 Å². The third-order valence-electron chi connectivity index (χ3n) is 2.67. The predicted molar refractivity (Wildman–Crippen MR) is 74.1 cm³/mol. The number of hydrogen-bond donors (Lipinski definition) is 0. The molecule has 6 nitrogen and oxygen atoms in total. The molecule has 0 aliphatic rings. The van der Waals surface area contributed by atoms with Gasteiger partial charge in [-0.1, -0.05) is 17.7 Å². The molecule has 0 aliphatic heterocycles. The summed E-state index contributed by atoms with van der Waals surface area (Å²) in [5.41, 5.74) is 0.925. The number of carbonyl (C=O) groups is 2. The number of carbonyl (C=O) groups excluding carboxylic acids is 2. The molecule has 1 atom stereocenters. The fourth-order valence-corrected chi connectivity index (χ4v) is 4.25. The van der Waals surface area contributed by atoms with Crippen LogP contribution in [-0.4, -0.2) is 37.1 Å². The van der Waals surface area contributed by atoms with Gasteiger partial charge in [0, 0.05) is 23.4 Å². The molecule has 0 aromatic heterocycles. The first kappa shape index (κ1) is 25.7. The Morgan fingerprint density at radius 3 is 2.09 bits per heavy atom. The van der Waals surface area contributed by atoms with Crippen LogP contribution >= 0.6 is 11.8 Å². The van der Waals surface area contributed by atoms with Crippen molar-refractivity contribution < 1.29 is 87.3 Å². The van der Waals surface area contributed by atoms with Crippen LogP contribution in [0.15, 0.2) is 29.2 Å². The summed E-state index contributed by atoms with van der Waals surface area (Å²) in [6.45, 7) is 1.83. The molecule has 0 amide bonds. The molecule has 0 radical (unpaired) electrons. The fourth-order valence-electron chi connectivity index (χ4n) is 1.53. The molecule has 0 fully saturated rings. The summed E-state index contributed by atoms with van der Waals surface area (Å²) in [6, 6.07) is 6.29. The summed E-state index contributed by atoms with van der Waals surface area (Å²) >= 11 is 0.721. The molecule has 0 spiro atoms. The minimum atomic E-state index is -3.52. The topological polar surface area (TPSA) is 114 Å². The Kier molecular flexibility index (Phi) is 13.3. The van der Waals surface area contributed by atoms with Gasteiger partial charge in [-0.2, -0.15) is 11.8 Å². The van der Waals surface area contributed by atoms with E-state index in [4.69, 9.17) is 0 Å². The molecule has 0 N–H and O–H groups in total. The molecular formula is C13H14Na2O6S2. The van der Waals surface area contributed by atoms with Gasteiger partial charge in [0.05, 0.1) is 16.6 Å². The van der Waals surface area contributed by atoms with Gasteiger partial charge >= 0.3 is 59.1 Å². The van der Waals surface area contributed by atoms with Crippen LogP contribution in [0.3, 0.4) is 0 Å². The Labute approximate surface area is 183 Å². The quantitative estimate of drug-likeness (QED) is 0.414. The van der Waals surface area contributed by atoms with Crippen molar-refractivity contribution in [2.45, 2.75) is 23.5 Å². The number of sulfone groups is 1. The number of thioether (sulfide) groups is 1. The molecule has 1 aromatic carbocycles. The standard InChI is InChI=1S/C13H16O6S2.2Na/c1-9-2-4-10(5-3-9)21(18,19)7-6-20-11(13(16)17)8-12(14)15;;/h2-5,11H,6-8H2,1H3,(H,14,15)(H,16,17);;/q;2*+1/p-2. The van der Waals surface area contributed by atoms with E-state index in [-0.39, 0.29) is 75.5 Å². The Morgan fingerprint density at radius 1 is 1.13 bits per heavy atom. The van der Waals surface area contributed by atoms with Gasteiger partial charge in [0.25, 0.3) is 0 Å². The van der Waals surface area contributed by atoms with Gasteiger partial charge < -0.3 is 19.8 Å². The van der Waals surface area contributed by atoms with Gasteiger partial charge in [0.2, 0.25) is 0 Å². The monoisotopic (exact) mass is 376 g/mol. The average Bonchev–Trinajstić information content (AvgIpc) is 2.37. The van der Waals surface area contributed by atoms with Crippen LogP contribution in [0.25, 0.3) is 0 Å². The van der Waals surface area contributed by atoms with Crippen molar-refractivity contribution in [1.29, 1.82) is 0 Å². The number of aryl methyl sites for hydroxylation is 1. The Bertz CT molecular complexity index is 616. The van der Waals surface area contributed by atoms with E-state index in [0.29, 0.717) is 0 Å². The van der Waals surface area contributed by atoms with Crippen LogP contribution in [0.2, 0.25) is 0 Å². The Balaban J connectivity index is 0. The smallest absolute Gasteiger partial charge is 0.550 e. The minimum Gasteiger partial charge on any atom is -0.550 e. The number of hydrogen-bond acceptors (Lipinski definition) is 7. The van der Waals surface area contributed by atoms with Crippen LogP contribution in [0.4, 0.5) is 0 Å². The second-order valence-electron chi connectivity index (χ2n) is 4.39. The van der Waals surface area contributed by atoms with E-state index in [1.165, 1.54) is 12.1 Å². The summed E-state index contributed by atoms with van der Waals surface area (Å²) in [7, 11) is -3.52. The maximum absolute atomic E-state index is 12.0. The van der Waals surface area contributed by atoms with Gasteiger partial charge in [-0.15, -0.1) is 0 Å². The molecule has 1 rings (SSSR count). The van der Waals surface area contributed by atoms with Gasteiger partial charge in [-0.3, -0.25) is 0 Å². The van der Waals surface area contributed by atoms with E-state index in [1.807, 2.05) is 6.92 Å². The molecule has 0 saturated carbocycles. The largest absolute Gasteiger partial charge is 1.00 e. The zero-order valence-electron chi connectivity index (χ0n) is 13.3. The van der Waals surface area contributed by atoms with Crippen LogP contribution in [0.5, 0.6) is 0 Å². The SMILES string of the molecule is Cc1ccc(S(=O)(=O)CCSC(CC(=O)[O-])C(=O)[O-])cc1.[Na+].[Na+]. The maximum Gasteiger partial charge on any atom is 1.00 e. The summed E-state index contributed by atoms with van der Waals surface area (Å²) < 4.78 is 24.0. The molecule has 0 bridgehead atoms. The predicted octanol–water partition coefficient (Wildman–Crippen LogP) is -7.23. The number of rotatable bonds is 8. The summed E-state index contributed by atoms with van der Waals surface area (Å²) in [5, 5.41) is 19.8. The van der Waals surface area contributed by atoms with Gasteiger partial charge in [-0.25, -0.2) is 8.42 Å². The second-order valence-corrected chi connectivity index (χ2v) is 7.81. The normalized spacial score (nSPS) is 11.7. The van der Waals surface area contributed by atoms with E-state index in [1.54, 1.807) is 12.1 Å². The third kappa shape index (κ3) is 9.50. The molecule has 0 aliphatic carbocycles. The molecule has 1 unspecified atom stereocenters. The van der Waals surface area contributed by atoms with Gasteiger partial charge in [0.1, 0.15) is 0 Å². The molecule has 23 heavy (non-hydrogen) atoms. The Morgan fingerprint density at radius 2 is 1.65 bits per heavy atom. The second kappa shape index (κ2) is 11.9. The first-order valence-electron chi connectivity index (χ1n) is 6.04. The minimum absolute atomic E-state index is 0. The van der Waals surface area contributed by atoms with Crippen molar-refractivity contribution in [2.24, 2.45) is 0 Å². The number of carboxylic acid groups (broad SMARTS) is 2. The third-order valence-corrected chi connectivity index (χ3v) is 5.86. The van der Waals surface area contributed by atoms with Crippen LogP contribution in [-0.2, 0) is 19.4 Å². The van der Waals surface area contributed by atoms with Crippen molar-refractivity contribution in [3.63, 3.8) is 0 Å². The average molecular weight is 376 g/mol. The molecule has 1 aromatic rings. The summed E-state index contributed by atoms with van der Waals surface area (Å²) in [5.74, 6) is -3.38. The molecule has 0 heterocycles. The van der Waals surface area contributed by atoms with E-state index >= 15 is 0 Å². The van der Waals surface area contributed by atoms with Gasteiger partial charge in [-0.05, 0) is 19.1 Å². The fraction of sp³-hybridized carbons (Fsp3) is 0.385. The zero-order valence-corrected chi connectivity index (χ0v) is 18.9. The Hall–Kier alpha value is 0.460. The zero-order chi connectivity index (χ0) is 16.0. The molecule has 116 valence electrons. The van der Waals surface area contributed by atoms with Crippen molar-refractivity contribution in [3.8, 4) is 0 Å². The van der Waals surface area contributed by atoms with Crippen LogP contribution in [0, 0.1) is 6.92 Å². The van der Waals surface area contributed by atoms with Crippen LogP contribution < -0.4 is 69.3 Å². The van der Waals surface area contributed by atoms with Crippen molar-refractivity contribution >= 4 is 33.5 Å². The van der Waals surface area contributed by atoms with Crippen molar-refractivity contribution in [1.82, 2.24) is 0 Å². The van der Waals surface area contributed by atoms with Crippen molar-refractivity contribution in [2.75, 3.05) is 11.5 Å². The van der Waals surface area contributed by atoms with E-state index in [9.17, 15) is 28.2 Å². The number of carboxylic acids is 2. The van der Waals surface area contributed by atoms with Crippen molar-refractivity contribution in [3.05, 3.63) is 29.8 Å².